The Hall–Kier alpha value is -4.20. The number of fused-ring (bicyclic) bond motifs is 6. The van der Waals surface area contributed by atoms with Gasteiger partial charge in [-0.15, -0.1) is 0 Å². The van der Waals surface area contributed by atoms with E-state index in [-0.39, 0.29) is 30.2 Å². The maximum Gasteiger partial charge on any atom is 0.339 e. The van der Waals surface area contributed by atoms with E-state index in [9.17, 15) is 14.4 Å². The van der Waals surface area contributed by atoms with Gasteiger partial charge in [0.25, 0.3) is 0 Å². The lowest BCUT2D eigenvalue weighted by molar-refractivity contribution is -0.123. The largest absolute Gasteiger partial charge is 0.485 e. The molecule has 4 aromatic rings. The molecule has 0 unspecified atom stereocenters. The van der Waals surface area contributed by atoms with Crippen molar-refractivity contribution in [3.63, 3.8) is 0 Å². The highest BCUT2D eigenvalue weighted by molar-refractivity contribution is 5.91. The first kappa shape index (κ1) is 27.4. The first-order chi connectivity index (χ1) is 19.4. The standard InChI is InChI=1S/C31H30O7.CH2O/c1-17-11-24(28-20-7-3-5-9-22(20)30(33)37-26(28)13-17)35-15-19(32)16-36-25-12-18(2)14-27-29(25)21-8-4-6-10-23(21)31(34)38-27;1-2/h11-14H,3-10,15-16H2,1-2H3;1H2. The van der Waals surface area contributed by atoms with E-state index in [0.717, 1.165) is 71.6 Å². The lowest BCUT2D eigenvalue weighted by Crippen LogP contribution is -2.21. The molecular formula is C32H32O8. The second kappa shape index (κ2) is 11.5. The Morgan fingerprint density at radius 2 is 1.05 bits per heavy atom. The molecule has 8 nitrogen and oxygen atoms in total. The summed E-state index contributed by atoms with van der Waals surface area (Å²) >= 11 is 0. The van der Waals surface area contributed by atoms with Crippen LogP contribution in [0.2, 0.25) is 0 Å². The van der Waals surface area contributed by atoms with Gasteiger partial charge in [-0.05, 0) is 112 Å². The number of ether oxygens (including phenoxy) is 2. The summed E-state index contributed by atoms with van der Waals surface area (Å²) in [7, 11) is 0. The summed E-state index contributed by atoms with van der Waals surface area (Å²) in [5, 5.41) is 1.56. The molecule has 0 N–H and O–H groups in total. The molecule has 8 heteroatoms. The summed E-state index contributed by atoms with van der Waals surface area (Å²) < 4.78 is 23.3. The van der Waals surface area contributed by atoms with Crippen LogP contribution in [0.1, 0.15) is 59.1 Å². The normalized spacial score (nSPS) is 14.2. The van der Waals surface area contributed by atoms with E-state index < -0.39 is 0 Å². The molecule has 0 saturated heterocycles. The molecule has 2 heterocycles. The van der Waals surface area contributed by atoms with Gasteiger partial charge in [0.1, 0.15) is 29.5 Å². The Kier molecular flexibility index (Phi) is 7.87. The average Bonchev–Trinajstić information content (AvgIpc) is 2.95. The Labute approximate surface area is 230 Å². The quantitative estimate of drug-likeness (QED) is 0.308. The number of carbonyl (C=O) groups excluding carboxylic acids is 2. The summed E-state index contributed by atoms with van der Waals surface area (Å²) in [6, 6.07) is 7.44. The van der Waals surface area contributed by atoms with E-state index >= 15 is 0 Å². The summed E-state index contributed by atoms with van der Waals surface area (Å²) in [5.74, 6) is 0.867. The van der Waals surface area contributed by atoms with Gasteiger partial charge in [0.05, 0.1) is 10.8 Å². The van der Waals surface area contributed by atoms with Gasteiger partial charge in [0, 0.05) is 11.1 Å². The highest BCUT2D eigenvalue weighted by Crippen LogP contribution is 2.36. The van der Waals surface area contributed by atoms with Gasteiger partial charge in [0.15, 0.2) is 13.2 Å². The topological polar surface area (TPSA) is 113 Å². The summed E-state index contributed by atoms with van der Waals surface area (Å²) in [6.07, 6.45) is 6.89. The van der Waals surface area contributed by atoms with Crippen LogP contribution in [0.15, 0.2) is 42.7 Å². The van der Waals surface area contributed by atoms with Gasteiger partial charge in [-0.25, -0.2) is 9.59 Å². The van der Waals surface area contributed by atoms with Crippen molar-refractivity contribution < 1.29 is 27.9 Å². The molecule has 2 aromatic carbocycles. The molecule has 0 fully saturated rings. The minimum atomic E-state index is -0.281. The van der Waals surface area contributed by atoms with Crippen LogP contribution in [-0.4, -0.2) is 25.8 Å². The number of aryl methyl sites for hydroxylation is 4. The maximum atomic E-state index is 12.9. The van der Waals surface area contributed by atoms with Crippen LogP contribution in [0.25, 0.3) is 21.9 Å². The van der Waals surface area contributed by atoms with E-state index in [1.165, 1.54) is 0 Å². The van der Waals surface area contributed by atoms with Crippen molar-refractivity contribution in [2.45, 2.75) is 65.2 Å². The molecule has 0 saturated carbocycles. The van der Waals surface area contributed by atoms with Gasteiger partial charge in [-0.2, -0.15) is 0 Å². The van der Waals surface area contributed by atoms with Crippen LogP contribution in [0.5, 0.6) is 11.5 Å². The number of benzene rings is 2. The molecule has 6 rings (SSSR count). The fraction of sp³-hybridized carbons (Fsp3) is 0.375. The fourth-order valence-electron chi connectivity index (χ4n) is 5.92. The maximum absolute atomic E-state index is 12.9. The van der Waals surface area contributed by atoms with Crippen LogP contribution in [-0.2, 0) is 35.3 Å². The molecule has 0 spiro atoms. The van der Waals surface area contributed by atoms with Crippen molar-refractivity contribution in [2.24, 2.45) is 0 Å². The van der Waals surface area contributed by atoms with Crippen LogP contribution >= 0.6 is 0 Å². The van der Waals surface area contributed by atoms with Crippen LogP contribution < -0.4 is 20.7 Å². The lowest BCUT2D eigenvalue weighted by atomic mass is 9.90. The van der Waals surface area contributed by atoms with Crippen LogP contribution in [0.3, 0.4) is 0 Å². The smallest absolute Gasteiger partial charge is 0.339 e. The molecule has 0 amide bonds. The monoisotopic (exact) mass is 544 g/mol. The zero-order valence-electron chi connectivity index (χ0n) is 22.9. The SMILES string of the molecule is C=O.Cc1cc(OCC(=O)COc2cc(C)cc3oc(=O)c4c(c23)CCCC4)c2c3c(c(=O)oc2c1)CCCC3. The predicted molar refractivity (Wildman–Crippen MR) is 151 cm³/mol. The zero-order valence-corrected chi connectivity index (χ0v) is 22.9. The third-order valence-corrected chi connectivity index (χ3v) is 7.64. The molecule has 0 bridgehead atoms. The van der Waals surface area contributed by atoms with Gasteiger partial charge in [0.2, 0.25) is 5.78 Å². The second-order valence-electron chi connectivity index (χ2n) is 10.5. The molecule has 40 heavy (non-hydrogen) atoms. The Bertz CT molecular complexity index is 1600. The van der Waals surface area contributed by atoms with E-state index in [0.29, 0.717) is 46.6 Å². The van der Waals surface area contributed by atoms with Crippen molar-refractivity contribution in [3.05, 3.63) is 78.5 Å². The summed E-state index contributed by atoms with van der Waals surface area (Å²) in [6.45, 7) is 5.45. The molecule has 0 radical (unpaired) electrons. The number of carbonyl (C=O) groups is 2. The molecular weight excluding hydrogens is 512 g/mol. The Morgan fingerprint density at radius 3 is 1.45 bits per heavy atom. The highest BCUT2D eigenvalue weighted by Gasteiger charge is 2.23. The number of ketones is 1. The molecule has 2 aliphatic rings. The fourth-order valence-corrected chi connectivity index (χ4v) is 5.92. The molecule has 2 aromatic heterocycles. The number of Topliss-reactive ketones (excluding diaryl/α,β-unsaturated/α-hetero) is 1. The van der Waals surface area contributed by atoms with Crippen molar-refractivity contribution in [2.75, 3.05) is 13.2 Å². The number of hydrogen-bond donors (Lipinski definition) is 0. The molecule has 208 valence electrons. The van der Waals surface area contributed by atoms with Crippen molar-refractivity contribution >= 4 is 34.5 Å². The van der Waals surface area contributed by atoms with Crippen LogP contribution in [0.4, 0.5) is 0 Å². The van der Waals surface area contributed by atoms with E-state index in [1.807, 2.05) is 44.9 Å². The third-order valence-electron chi connectivity index (χ3n) is 7.64. The molecule has 0 atom stereocenters. The highest BCUT2D eigenvalue weighted by atomic mass is 16.5. The Balaban J connectivity index is 0.00000158. The average molecular weight is 545 g/mol. The third kappa shape index (κ3) is 5.18. The van der Waals surface area contributed by atoms with Gasteiger partial charge >= 0.3 is 11.3 Å². The van der Waals surface area contributed by atoms with E-state index in [1.54, 1.807) is 0 Å². The first-order valence-corrected chi connectivity index (χ1v) is 13.6. The van der Waals surface area contributed by atoms with Crippen LogP contribution in [0, 0.1) is 13.8 Å². The summed E-state index contributed by atoms with van der Waals surface area (Å²) in [5.41, 5.74) is 5.56. The van der Waals surface area contributed by atoms with Gasteiger partial charge < -0.3 is 23.1 Å². The Morgan fingerprint density at radius 1 is 0.675 bits per heavy atom. The number of hydrogen-bond acceptors (Lipinski definition) is 8. The predicted octanol–water partition coefficient (Wildman–Crippen LogP) is 5.12. The molecule has 2 aliphatic carbocycles. The minimum absolute atomic E-state index is 0.177. The second-order valence-corrected chi connectivity index (χ2v) is 10.5. The van der Waals surface area contributed by atoms with E-state index in [4.69, 9.17) is 23.1 Å². The lowest BCUT2D eigenvalue weighted by Gasteiger charge is -2.19. The zero-order chi connectivity index (χ0) is 28.4. The molecule has 0 aliphatic heterocycles. The van der Waals surface area contributed by atoms with Crippen molar-refractivity contribution in [1.82, 2.24) is 0 Å². The summed E-state index contributed by atoms with van der Waals surface area (Å²) in [4.78, 5) is 45.9. The van der Waals surface area contributed by atoms with Crippen molar-refractivity contribution in [1.29, 1.82) is 0 Å². The van der Waals surface area contributed by atoms with E-state index in [2.05, 4.69) is 0 Å². The number of rotatable bonds is 6. The van der Waals surface area contributed by atoms with Gasteiger partial charge in [-0.3, -0.25) is 4.79 Å². The van der Waals surface area contributed by atoms with Crippen molar-refractivity contribution in [3.8, 4) is 11.5 Å². The first-order valence-electron chi connectivity index (χ1n) is 13.6. The van der Waals surface area contributed by atoms with Gasteiger partial charge in [-0.1, -0.05) is 0 Å². The minimum Gasteiger partial charge on any atom is -0.485 e.